The summed E-state index contributed by atoms with van der Waals surface area (Å²) in [5, 5.41) is 10.5. The Morgan fingerprint density at radius 1 is 0.595 bits per heavy atom. The average Bonchev–Trinajstić information content (AvgIpc) is 2.87. The van der Waals surface area contributed by atoms with Crippen molar-refractivity contribution in [2.75, 3.05) is 26.2 Å². The van der Waals surface area contributed by atoms with E-state index in [2.05, 4.69) is 0 Å². The average molecular weight is 531 g/mol. The normalized spacial score (nSPS) is 15.4. The second-order valence-electron chi connectivity index (χ2n) is 9.46. The highest BCUT2D eigenvalue weighted by Crippen LogP contribution is 2.29. The van der Waals surface area contributed by atoms with Gasteiger partial charge in [-0.2, -0.15) is 0 Å². The zero-order chi connectivity index (χ0) is 28.4. The predicted octanol–water partition coefficient (Wildman–Crippen LogP) is -1.77. The zero-order valence-electron chi connectivity index (χ0n) is 22.1. The first-order valence-electron chi connectivity index (χ1n) is 13.3. The number of imide groups is 1. The van der Waals surface area contributed by atoms with Crippen molar-refractivity contribution >= 4 is 23.6 Å². The lowest BCUT2D eigenvalue weighted by Crippen LogP contribution is -2.70. The molecule has 4 atom stereocenters. The number of hydrogen-bond acceptors (Lipinski definition) is 11. The van der Waals surface area contributed by atoms with Gasteiger partial charge >= 0.3 is 5.97 Å². The van der Waals surface area contributed by atoms with Crippen LogP contribution in [0.1, 0.15) is 77.0 Å². The first-order valence-corrected chi connectivity index (χ1v) is 13.3. The molecule has 37 heavy (non-hydrogen) atoms. The molecule has 0 bridgehead atoms. The second kappa shape index (κ2) is 19.1. The fourth-order valence-corrected chi connectivity index (χ4v) is 4.21. The van der Waals surface area contributed by atoms with Crippen molar-refractivity contribution in [1.82, 2.24) is 4.90 Å². The smallest absolute Gasteiger partial charge is 0.338 e. The third-order valence-corrected chi connectivity index (χ3v) is 6.46. The van der Waals surface area contributed by atoms with Crippen molar-refractivity contribution in [3.8, 4) is 0 Å². The number of ketones is 1. The summed E-state index contributed by atoms with van der Waals surface area (Å²) in [6, 6.07) is -3.71. The number of hydrogen-bond donors (Lipinski definition) is 8. The monoisotopic (exact) mass is 530 g/mol. The van der Waals surface area contributed by atoms with Gasteiger partial charge in [-0.05, 0) is 84.0 Å². The van der Waals surface area contributed by atoms with E-state index in [0.717, 1.165) is 0 Å². The number of Topliss-reactive ketones (excluding diaryl/α,β-unsaturated/α-hetero) is 1. The van der Waals surface area contributed by atoms with Crippen molar-refractivity contribution in [2.45, 2.75) is 101 Å². The standard InChI is InChI=1S/C24H50N8O5/c25-13-5-1-9-17(29)20(33)24(23(36)37,12-4-8-16-28)32(21(34)18(30)10-2-6-14-26)22(35)19(31)11-3-7-15-27/h17-19H,1-16,25-31H2,(H,36,37)/t17-,18-,19-,24+/m0/s1. The van der Waals surface area contributed by atoms with E-state index in [0.29, 0.717) is 69.5 Å². The molecule has 0 unspecified atom stereocenters. The van der Waals surface area contributed by atoms with Gasteiger partial charge in [0.25, 0.3) is 0 Å². The first kappa shape index (κ1) is 35.0. The molecule has 13 nitrogen and oxygen atoms in total. The van der Waals surface area contributed by atoms with Crippen LogP contribution < -0.4 is 40.1 Å². The topological polar surface area (TPSA) is 274 Å². The number of aliphatic carboxylic acids is 1. The summed E-state index contributed by atoms with van der Waals surface area (Å²) in [4.78, 5) is 54.5. The van der Waals surface area contributed by atoms with Crippen molar-refractivity contribution in [3.63, 3.8) is 0 Å². The number of carboxylic acid groups (broad SMARTS) is 1. The fourth-order valence-electron chi connectivity index (χ4n) is 4.21. The van der Waals surface area contributed by atoms with Gasteiger partial charge in [-0.3, -0.25) is 19.3 Å². The molecule has 0 aromatic rings. The summed E-state index contributed by atoms with van der Waals surface area (Å²) >= 11 is 0. The molecule has 0 aromatic heterocycles. The maximum atomic E-state index is 13.8. The molecule has 2 amide bonds. The molecule has 216 valence electrons. The summed E-state index contributed by atoms with van der Waals surface area (Å²) in [6.45, 7) is 1.36. The van der Waals surface area contributed by atoms with Gasteiger partial charge in [0.1, 0.15) is 0 Å². The third kappa shape index (κ3) is 10.7. The minimum absolute atomic E-state index is 0.142. The number of rotatable bonds is 22. The highest BCUT2D eigenvalue weighted by molar-refractivity contribution is 6.17. The number of carbonyl (C=O) groups excluding carboxylic acids is 3. The van der Waals surface area contributed by atoms with Crippen molar-refractivity contribution < 1.29 is 24.3 Å². The van der Waals surface area contributed by atoms with Crippen LogP contribution in [0.25, 0.3) is 0 Å². The van der Waals surface area contributed by atoms with Gasteiger partial charge in [0.05, 0.1) is 18.1 Å². The molecule has 15 N–H and O–H groups in total. The molecule has 0 aromatic carbocycles. The van der Waals surface area contributed by atoms with Crippen molar-refractivity contribution in [1.29, 1.82) is 0 Å². The molecule has 0 aliphatic rings. The minimum Gasteiger partial charge on any atom is -0.479 e. The van der Waals surface area contributed by atoms with Crippen LogP contribution in [0.2, 0.25) is 0 Å². The van der Waals surface area contributed by atoms with Gasteiger partial charge in [-0.25, -0.2) is 4.79 Å². The first-order chi connectivity index (χ1) is 17.6. The van der Waals surface area contributed by atoms with Gasteiger partial charge in [0.2, 0.25) is 17.4 Å². The summed E-state index contributed by atoms with van der Waals surface area (Å²) < 4.78 is 0. The van der Waals surface area contributed by atoms with Gasteiger partial charge in [-0.1, -0.05) is 19.3 Å². The number of nitrogens with two attached hydrogens (primary N) is 7. The quantitative estimate of drug-likeness (QED) is 0.0570. The molecule has 0 aliphatic carbocycles. The van der Waals surface area contributed by atoms with E-state index in [9.17, 15) is 24.3 Å². The van der Waals surface area contributed by atoms with E-state index in [-0.39, 0.29) is 38.6 Å². The predicted molar refractivity (Wildman–Crippen MR) is 143 cm³/mol. The molecule has 13 heteroatoms. The Balaban J connectivity index is 6.65. The molecule has 0 saturated heterocycles. The Labute approximate surface area is 220 Å². The van der Waals surface area contributed by atoms with Crippen LogP contribution in [0, 0.1) is 0 Å². The molecule has 0 heterocycles. The summed E-state index contributed by atoms with van der Waals surface area (Å²) in [5.41, 5.74) is 38.0. The Morgan fingerprint density at radius 3 is 1.30 bits per heavy atom. The number of amides is 2. The third-order valence-electron chi connectivity index (χ3n) is 6.46. The Bertz CT molecular complexity index is 683. The molecule has 0 aliphatic heterocycles. The number of unbranched alkanes of at least 4 members (excludes halogenated alkanes) is 4. The maximum absolute atomic E-state index is 13.8. The Morgan fingerprint density at radius 2 is 0.946 bits per heavy atom. The van der Waals surface area contributed by atoms with E-state index >= 15 is 0 Å². The highest BCUT2D eigenvalue weighted by atomic mass is 16.4. The minimum atomic E-state index is -2.57. The lowest BCUT2D eigenvalue weighted by atomic mass is 9.80. The molecular formula is C24H50N8O5. The number of nitrogens with zero attached hydrogens (tertiary/aromatic N) is 1. The number of carbonyl (C=O) groups is 4. The van der Waals surface area contributed by atoms with Gasteiger partial charge in [0.15, 0.2) is 5.78 Å². The number of carboxylic acids is 1. The highest BCUT2D eigenvalue weighted by Gasteiger charge is 2.57. The van der Waals surface area contributed by atoms with Gasteiger partial charge in [-0.15, -0.1) is 0 Å². The summed E-state index contributed by atoms with van der Waals surface area (Å²) in [6.07, 6.45) is 3.79. The van der Waals surface area contributed by atoms with E-state index in [1.165, 1.54) is 0 Å². The fraction of sp³-hybridized carbons (Fsp3) is 0.833. The van der Waals surface area contributed by atoms with Gasteiger partial charge in [0, 0.05) is 0 Å². The van der Waals surface area contributed by atoms with E-state index in [4.69, 9.17) is 40.1 Å². The molecule has 0 saturated carbocycles. The van der Waals surface area contributed by atoms with Crippen LogP contribution in [0.5, 0.6) is 0 Å². The molecule has 0 fully saturated rings. The maximum Gasteiger partial charge on any atom is 0.338 e. The second-order valence-corrected chi connectivity index (χ2v) is 9.46. The van der Waals surface area contributed by atoms with E-state index < -0.39 is 47.2 Å². The summed E-state index contributed by atoms with van der Waals surface area (Å²) in [7, 11) is 0. The lowest BCUT2D eigenvalue weighted by Gasteiger charge is -2.41. The molecule has 0 rings (SSSR count). The summed E-state index contributed by atoms with van der Waals surface area (Å²) in [5.74, 6) is -4.56. The van der Waals surface area contributed by atoms with Crippen molar-refractivity contribution in [2.24, 2.45) is 40.1 Å². The van der Waals surface area contributed by atoms with Crippen LogP contribution >= 0.6 is 0 Å². The largest absolute Gasteiger partial charge is 0.479 e. The van der Waals surface area contributed by atoms with Gasteiger partial charge < -0.3 is 45.2 Å². The SMILES string of the molecule is NCCCC[C@H](N)C(=O)N(C(=O)[C@@H](N)CCCCN)[C@@](CCCCN)(C(=O)O)C(=O)[C@@H](N)CCCCN. The van der Waals surface area contributed by atoms with Crippen LogP contribution in [0.15, 0.2) is 0 Å². The van der Waals surface area contributed by atoms with E-state index in [1.807, 2.05) is 0 Å². The van der Waals surface area contributed by atoms with Crippen LogP contribution in [-0.4, -0.2) is 83.4 Å². The molecule has 0 radical (unpaired) electrons. The van der Waals surface area contributed by atoms with E-state index in [1.54, 1.807) is 0 Å². The van der Waals surface area contributed by atoms with Crippen LogP contribution in [0.4, 0.5) is 0 Å². The molecule has 0 spiro atoms. The van der Waals surface area contributed by atoms with Crippen LogP contribution in [0.3, 0.4) is 0 Å². The van der Waals surface area contributed by atoms with Crippen LogP contribution in [-0.2, 0) is 19.2 Å². The molecular weight excluding hydrogens is 480 g/mol. The zero-order valence-corrected chi connectivity index (χ0v) is 22.1. The lowest BCUT2D eigenvalue weighted by molar-refractivity contribution is -0.173. The Kier molecular flexibility index (Phi) is 18.1. The Hall–Kier alpha value is -2.00. The van der Waals surface area contributed by atoms with Crippen molar-refractivity contribution in [3.05, 3.63) is 0 Å².